The van der Waals surface area contributed by atoms with Crippen LogP contribution in [0.15, 0.2) is 18.2 Å². The third-order valence-electron chi connectivity index (χ3n) is 3.93. The van der Waals surface area contributed by atoms with Gasteiger partial charge in [-0.3, -0.25) is 0 Å². The van der Waals surface area contributed by atoms with Gasteiger partial charge in [-0.15, -0.1) is 0 Å². The van der Waals surface area contributed by atoms with E-state index < -0.39 is 0 Å². The van der Waals surface area contributed by atoms with Gasteiger partial charge in [-0.2, -0.15) is 0 Å². The van der Waals surface area contributed by atoms with E-state index in [1.165, 1.54) is 5.56 Å². The minimum absolute atomic E-state index is 0.0273. The van der Waals surface area contributed by atoms with Gasteiger partial charge in [0, 0.05) is 25.0 Å². The molecule has 0 aliphatic carbocycles. The Kier molecular flexibility index (Phi) is 3.57. The number of benzene rings is 1. The van der Waals surface area contributed by atoms with Gasteiger partial charge in [0.25, 0.3) is 0 Å². The summed E-state index contributed by atoms with van der Waals surface area (Å²) in [5, 5.41) is 2.95. The lowest BCUT2D eigenvalue weighted by Crippen LogP contribution is -2.41. The number of aromatic nitrogens is 2. The van der Waals surface area contributed by atoms with Crippen molar-refractivity contribution < 1.29 is 4.79 Å². The number of aryl methyl sites for hydroxylation is 1. The molecule has 2 heterocycles. The summed E-state index contributed by atoms with van der Waals surface area (Å²) in [7, 11) is 0. The van der Waals surface area contributed by atoms with Crippen LogP contribution < -0.4 is 5.32 Å². The molecule has 0 spiro atoms. The summed E-state index contributed by atoms with van der Waals surface area (Å²) in [6.07, 6.45) is 0.963. The Morgan fingerprint density at radius 2 is 2.29 bits per heavy atom. The molecule has 0 saturated carbocycles. The summed E-state index contributed by atoms with van der Waals surface area (Å²) >= 11 is 0. The number of carbonyl (C=O) groups is 1. The van der Waals surface area contributed by atoms with Crippen LogP contribution in [-0.4, -0.2) is 40.0 Å². The SMILES string of the molecule is Cc1ccc2nc(C3CCN(C(=O)NC(C)C)C3)[nH]c2c1. The summed E-state index contributed by atoms with van der Waals surface area (Å²) in [6, 6.07) is 6.43. The predicted molar refractivity (Wildman–Crippen MR) is 83.4 cm³/mol. The van der Waals surface area contributed by atoms with Gasteiger partial charge in [0.2, 0.25) is 0 Å². The van der Waals surface area contributed by atoms with Crippen molar-refractivity contribution in [2.24, 2.45) is 0 Å². The van der Waals surface area contributed by atoms with Crippen LogP contribution in [0.5, 0.6) is 0 Å². The van der Waals surface area contributed by atoms with Gasteiger partial charge in [-0.05, 0) is 44.9 Å². The number of imidazole rings is 1. The molecule has 3 rings (SSSR count). The average Bonchev–Trinajstić information content (AvgIpc) is 3.03. The van der Waals surface area contributed by atoms with Crippen molar-refractivity contribution in [1.29, 1.82) is 0 Å². The molecule has 0 bridgehead atoms. The molecule has 21 heavy (non-hydrogen) atoms. The van der Waals surface area contributed by atoms with Gasteiger partial charge in [-0.25, -0.2) is 9.78 Å². The van der Waals surface area contributed by atoms with E-state index in [2.05, 4.69) is 34.3 Å². The van der Waals surface area contributed by atoms with Crippen LogP contribution in [0.3, 0.4) is 0 Å². The Morgan fingerprint density at radius 1 is 1.48 bits per heavy atom. The maximum Gasteiger partial charge on any atom is 0.317 e. The van der Waals surface area contributed by atoms with E-state index in [9.17, 15) is 4.79 Å². The van der Waals surface area contributed by atoms with E-state index in [1.807, 2.05) is 24.8 Å². The summed E-state index contributed by atoms with van der Waals surface area (Å²) in [4.78, 5) is 22.0. The Bertz CT molecular complexity index is 661. The van der Waals surface area contributed by atoms with Crippen LogP contribution in [-0.2, 0) is 0 Å². The number of nitrogens with one attached hydrogen (secondary N) is 2. The van der Waals surface area contributed by atoms with Crippen molar-refractivity contribution in [2.45, 2.75) is 39.2 Å². The van der Waals surface area contributed by atoms with E-state index in [1.54, 1.807) is 0 Å². The second kappa shape index (κ2) is 5.39. The van der Waals surface area contributed by atoms with Gasteiger partial charge in [0.15, 0.2) is 0 Å². The number of rotatable bonds is 2. The number of carbonyl (C=O) groups excluding carboxylic acids is 1. The number of hydrogen-bond acceptors (Lipinski definition) is 2. The highest BCUT2D eigenvalue weighted by atomic mass is 16.2. The summed E-state index contributed by atoms with van der Waals surface area (Å²) in [5.74, 6) is 1.30. The number of hydrogen-bond donors (Lipinski definition) is 2. The number of amides is 2. The molecular formula is C16H22N4O. The lowest BCUT2D eigenvalue weighted by atomic mass is 10.1. The molecule has 1 fully saturated rings. The number of likely N-dealkylation sites (tertiary alicyclic amines) is 1. The van der Waals surface area contributed by atoms with E-state index in [0.29, 0.717) is 5.92 Å². The topological polar surface area (TPSA) is 61.0 Å². The predicted octanol–water partition coefficient (Wildman–Crippen LogP) is 2.78. The molecule has 2 amide bonds. The van der Waals surface area contributed by atoms with E-state index in [4.69, 9.17) is 0 Å². The monoisotopic (exact) mass is 286 g/mol. The summed E-state index contributed by atoms with van der Waals surface area (Å²) in [6.45, 7) is 7.56. The molecule has 5 heteroatoms. The molecular weight excluding hydrogens is 264 g/mol. The van der Waals surface area contributed by atoms with Crippen LogP contribution in [0, 0.1) is 6.92 Å². The second-order valence-electron chi connectivity index (χ2n) is 6.18. The quantitative estimate of drug-likeness (QED) is 0.891. The van der Waals surface area contributed by atoms with Crippen LogP contribution in [0.4, 0.5) is 4.79 Å². The standard InChI is InChI=1S/C16H22N4O/c1-10(2)17-16(21)20-7-6-12(9-20)15-18-13-5-4-11(3)8-14(13)19-15/h4-5,8,10,12H,6-7,9H2,1-3H3,(H,17,21)(H,18,19). The third-order valence-corrected chi connectivity index (χ3v) is 3.93. The first-order valence-corrected chi connectivity index (χ1v) is 7.54. The van der Waals surface area contributed by atoms with Gasteiger partial charge >= 0.3 is 6.03 Å². The highest BCUT2D eigenvalue weighted by molar-refractivity contribution is 5.76. The zero-order valence-electron chi connectivity index (χ0n) is 12.8. The lowest BCUT2D eigenvalue weighted by Gasteiger charge is -2.18. The molecule has 1 unspecified atom stereocenters. The normalized spacial score (nSPS) is 18.7. The van der Waals surface area contributed by atoms with Gasteiger partial charge < -0.3 is 15.2 Å². The summed E-state index contributed by atoms with van der Waals surface area (Å²) in [5.41, 5.74) is 3.30. The fourth-order valence-corrected chi connectivity index (χ4v) is 2.84. The van der Waals surface area contributed by atoms with Crippen molar-refractivity contribution in [3.63, 3.8) is 0 Å². The first-order chi connectivity index (χ1) is 10.0. The van der Waals surface area contributed by atoms with Crippen molar-refractivity contribution in [3.8, 4) is 0 Å². The highest BCUT2D eigenvalue weighted by Crippen LogP contribution is 2.27. The molecule has 112 valence electrons. The van der Waals surface area contributed by atoms with Crippen molar-refractivity contribution in [3.05, 3.63) is 29.6 Å². The first kappa shape index (κ1) is 13.9. The molecule has 2 N–H and O–H groups in total. The third kappa shape index (κ3) is 2.86. The highest BCUT2D eigenvalue weighted by Gasteiger charge is 2.29. The maximum atomic E-state index is 12.0. The molecule has 1 aromatic heterocycles. The smallest absolute Gasteiger partial charge is 0.317 e. The zero-order valence-corrected chi connectivity index (χ0v) is 12.8. The number of H-pyrrole nitrogens is 1. The molecule has 2 aromatic rings. The number of nitrogens with zero attached hydrogens (tertiary/aromatic N) is 2. The van der Waals surface area contributed by atoms with Crippen molar-refractivity contribution >= 4 is 17.1 Å². The van der Waals surface area contributed by atoms with Crippen LogP contribution in [0.2, 0.25) is 0 Å². The molecule has 1 aromatic carbocycles. The maximum absolute atomic E-state index is 12.0. The molecule has 0 radical (unpaired) electrons. The largest absolute Gasteiger partial charge is 0.342 e. The minimum atomic E-state index is 0.0273. The number of urea groups is 1. The Hall–Kier alpha value is -2.04. The molecule has 1 aliphatic rings. The minimum Gasteiger partial charge on any atom is -0.342 e. The lowest BCUT2D eigenvalue weighted by molar-refractivity contribution is 0.205. The van der Waals surface area contributed by atoms with E-state index >= 15 is 0 Å². The van der Waals surface area contributed by atoms with E-state index in [-0.39, 0.29) is 12.1 Å². The van der Waals surface area contributed by atoms with Crippen molar-refractivity contribution in [1.82, 2.24) is 20.2 Å². The van der Waals surface area contributed by atoms with Gasteiger partial charge in [0.05, 0.1) is 11.0 Å². The molecule has 1 saturated heterocycles. The second-order valence-corrected chi connectivity index (χ2v) is 6.18. The van der Waals surface area contributed by atoms with Crippen LogP contribution in [0.25, 0.3) is 11.0 Å². The molecule has 1 aliphatic heterocycles. The molecule has 5 nitrogen and oxygen atoms in total. The summed E-state index contributed by atoms with van der Waals surface area (Å²) < 4.78 is 0. The number of fused-ring (bicyclic) bond motifs is 1. The van der Waals surface area contributed by atoms with Crippen LogP contribution >= 0.6 is 0 Å². The van der Waals surface area contributed by atoms with Gasteiger partial charge in [-0.1, -0.05) is 6.07 Å². The Labute approximate surface area is 124 Å². The fourth-order valence-electron chi connectivity index (χ4n) is 2.84. The number of aromatic amines is 1. The van der Waals surface area contributed by atoms with Gasteiger partial charge in [0.1, 0.15) is 5.82 Å². The van der Waals surface area contributed by atoms with Crippen LogP contribution in [0.1, 0.15) is 37.6 Å². The molecule has 1 atom stereocenters. The van der Waals surface area contributed by atoms with Crippen molar-refractivity contribution in [2.75, 3.05) is 13.1 Å². The Balaban J connectivity index is 1.74. The zero-order chi connectivity index (χ0) is 15.0. The fraction of sp³-hybridized carbons (Fsp3) is 0.500. The Morgan fingerprint density at radius 3 is 3.05 bits per heavy atom. The first-order valence-electron chi connectivity index (χ1n) is 7.54. The average molecular weight is 286 g/mol. The van der Waals surface area contributed by atoms with E-state index in [0.717, 1.165) is 36.4 Å².